The highest BCUT2D eigenvalue weighted by Gasteiger charge is 2.47. The molecule has 11 nitrogen and oxygen atoms in total. The number of pyridine rings is 1. The Morgan fingerprint density at radius 2 is 1.67 bits per heavy atom. The predicted octanol–water partition coefficient (Wildman–Crippen LogP) is 1.06. The molecule has 3 N–H and O–H groups in total. The summed E-state index contributed by atoms with van der Waals surface area (Å²) < 4.78 is 1.01. The predicted molar refractivity (Wildman–Crippen MR) is 118 cm³/mol. The van der Waals surface area contributed by atoms with Crippen LogP contribution < -0.4 is 16.6 Å². The first kappa shape index (κ1) is 23.9. The fourth-order valence-corrected chi connectivity index (χ4v) is 3.93. The van der Waals surface area contributed by atoms with Gasteiger partial charge < -0.3 is 5.11 Å². The molecule has 0 aromatic carbocycles. The van der Waals surface area contributed by atoms with E-state index in [4.69, 9.17) is 0 Å². The minimum Gasteiger partial charge on any atom is -0.494 e. The van der Waals surface area contributed by atoms with Crippen molar-refractivity contribution in [3.8, 4) is 5.88 Å². The number of aromatic nitrogens is 3. The Morgan fingerprint density at radius 1 is 1.03 bits per heavy atom. The number of carbonyl (C=O) groups excluding carboxylic acids is 3. The van der Waals surface area contributed by atoms with E-state index < -0.39 is 46.8 Å². The zero-order valence-electron chi connectivity index (χ0n) is 18.5. The average Bonchev–Trinajstić information content (AvgIpc) is 2.78. The molecule has 0 saturated carbocycles. The van der Waals surface area contributed by atoms with E-state index in [0.29, 0.717) is 24.8 Å². The summed E-state index contributed by atoms with van der Waals surface area (Å²) in [7, 11) is 0. The van der Waals surface area contributed by atoms with Crippen molar-refractivity contribution in [3.63, 3.8) is 0 Å². The van der Waals surface area contributed by atoms with Crippen LogP contribution in [0, 0.1) is 5.92 Å². The molecule has 1 saturated heterocycles. The number of H-pyrrole nitrogens is 1. The van der Waals surface area contributed by atoms with Gasteiger partial charge >= 0.3 is 11.7 Å². The van der Waals surface area contributed by atoms with Crippen molar-refractivity contribution in [2.45, 2.75) is 52.0 Å². The van der Waals surface area contributed by atoms with E-state index in [2.05, 4.69) is 15.3 Å². The Bertz CT molecular complexity index is 1160. The van der Waals surface area contributed by atoms with Gasteiger partial charge in [0.1, 0.15) is 5.92 Å². The van der Waals surface area contributed by atoms with Crippen LogP contribution in [-0.4, -0.2) is 48.9 Å². The normalized spacial score (nSPS) is 17.2. The van der Waals surface area contributed by atoms with Crippen LogP contribution in [0.2, 0.25) is 0 Å². The van der Waals surface area contributed by atoms with Gasteiger partial charge in [0.2, 0.25) is 17.7 Å². The first-order valence-corrected chi connectivity index (χ1v) is 10.9. The number of aromatic amines is 1. The van der Waals surface area contributed by atoms with Crippen LogP contribution in [0.1, 0.15) is 56.6 Å². The molecule has 1 fully saturated rings. The van der Waals surface area contributed by atoms with Gasteiger partial charge in [0.15, 0.2) is 0 Å². The summed E-state index contributed by atoms with van der Waals surface area (Å²) in [5.41, 5.74) is -1.65. The maximum absolute atomic E-state index is 13.4. The number of rotatable bonds is 9. The van der Waals surface area contributed by atoms with Gasteiger partial charge in [-0.1, -0.05) is 26.7 Å². The highest BCUT2D eigenvalue weighted by Crippen LogP contribution is 2.36. The molecule has 1 aliphatic rings. The Balaban J connectivity index is 2.22. The Morgan fingerprint density at radius 3 is 2.30 bits per heavy atom. The molecule has 0 aliphatic carbocycles. The minimum atomic E-state index is -1.51. The van der Waals surface area contributed by atoms with Gasteiger partial charge in [0.25, 0.3) is 5.56 Å². The van der Waals surface area contributed by atoms with E-state index in [-0.39, 0.29) is 18.7 Å². The summed E-state index contributed by atoms with van der Waals surface area (Å²) in [6, 6.07) is 2.20. The molecule has 2 aromatic rings. The van der Waals surface area contributed by atoms with Crippen molar-refractivity contribution in [1.29, 1.82) is 0 Å². The maximum Gasteiger partial charge on any atom is 0.331 e. The fourth-order valence-electron chi connectivity index (χ4n) is 3.93. The molecule has 0 bridgehead atoms. The summed E-state index contributed by atoms with van der Waals surface area (Å²) in [6.45, 7) is 4.04. The lowest BCUT2D eigenvalue weighted by Crippen LogP contribution is -2.59. The minimum absolute atomic E-state index is 0.104. The smallest absolute Gasteiger partial charge is 0.331 e. The summed E-state index contributed by atoms with van der Waals surface area (Å²) in [6.07, 6.45) is 5.38. The number of nitrogens with one attached hydrogen (secondary N) is 2. The van der Waals surface area contributed by atoms with E-state index in [9.17, 15) is 29.1 Å². The molecule has 3 rings (SSSR count). The topological polar surface area (TPSA) is 154 Å². The summed E-state index contributed by atoms with van der Waals surface area (Å²) >= 11 is 0. The third-order valence-electron chi connectivity index (χ3n) is 5.68. The van der Waals surface area contributed by atoms with E-state index >= 15 is 0 Å². The van der Waals surface area contributed by atoms with E-state index in [1.807, 2.05) is 13.8 Å². The number of imide groups is 2. The Hall–Kier alpha value is -3.76. The van der Waals surface area contributed by atoms with Gasteiger partial charge in [0.05, 0.1) is 5.56 Å². The van der Waals surface area contributed by atoms with Crippen molar-refractivity contribution in [2.75, 3.05) is 6.54 Å². The highest BCUT2D eigenvalue weighted by atomic mass is 16.3. The number of aromatic hydroxyl groups is 1. The number of hydrogen-bond acceptors (Lipinski definition) is 7. The van der Waals surface area contributed by atoms with Gasteiger partial charge in [-0.25, -0.2) is 9.59 Å². The third kappa shape index (κ3) is 4.71. The van der Waals surface area contributed by atoms with Gasteiger partial charge in [0, 0.05) is 31.4 Å². The molecule has 176 valence electrons. The lowest BCUT2D eigenvalue weighted by molar-refractivity contribution is -0.143. The van der Waals surface area contributed by atoms with E-state index in [0.717, 1.165) is 15.9 Å². The third-order valence-corrected chi connectivity index (χ3v) is 5.68. The standard InChI is InChI=1S/C22H27N5O6/c1-3-5-11-26-19(30)15(17(28)24-21(26)32)14(13-7-9-23-10-8-13)16-18(29)25-22(33)27(20(16)31)12-6-4-2/h7-10,14-15,31H,3-6,11-12H2,1-2H3,(H,24,28,32)(H,25,29,33)/t14-,15+/m0/s1. The Kier molecular flexibility index (Phi) is 7.41. The number of carbonyl (C=O) groups is 3. The van der Waals surface area contributed by atoms with E-state index in [1.165, 1.54) is 24.5 Å². The van der Waals surface area contributed by atoms with Gasteiger partial charge in [-0.15, -0.1) is 0 Å². The molecule has 1 aliphatic heterocycles. The molecule has 0 radical (unpaired) electrons. The lowest BCUT2D eigenvalue weighted by Gasteiger charge is -2.34. The molecule has 2 atom stereocenters. The van der Waals surface area contributed by atoms with Gasteiger partial charge in [-0.3, -0.25) is 39.1 Å². The molecule has 0 spiro atoms. The molecule has 0 unspecified atom stereocenters. The first-order valence-electron chi connectivity index (χ1n) is 10.9. The van der Waals surface area contributed by atoms with Crippen molar-refractivity contribution >= 4 is 17.8 Å². The van der Waals surface area contributed by atoms with Gasteiger partial charge in [-0.2, -0.15) is 0 Å². The molecule has 3 heterocycles. The summed E-state index contributed by atoms with van der Waals surface area (Å²) in [5, 5.41) is 13.2. The molecular weight excluding hydrogens is 430 g/mol. The van der Waals surface area contributed by atoms with Crippen LogP contribution in [0.3, 0.4) is 0 Å². The van der Waals surface area contributed by atoms with Crippen LogP contribution in [0.25, 0.3) is 0 Å². The zero-order valence-corrected chi connectivity index (χ0v) is 18.5. The second-order valence-electron chi connectivity index (χ2n) is 7.88. The van der Waals surface area contributed by atoms with Crippen LogP contribution in [0.4, 0.5) is 4.79 Å². The molecule has 11 heteroatoms. The molecule has 33 heavy (non-hydrogen) atoms. The number of urea groups is 1. The lowest BCUT2D eigenvalue weighted by atomic mass is 9.79. The van der Waals surface area contributed by atoms with Crippen molar-refractivity contribution in [2.24, 2.45) is 5.92 Å². The first-order chi connectivity index (χ1) is 15.8. The Labute approximate surface area is 189 Å². The van der Waals surface area contributed by atoms with Crippen molar-refractivity contribution < 1.29 is 19.5 Å². The average molecular weight is 457 g/mol. The fraction of sp³-hybridized carbons (Fsp3) is 0.455. The summed E-state index contributed by atoms with van der Waals surface area (Å²) in [5.74, 6) is -5.04. The van der Waals surface area contributed by atoms with Crippen LogP contribution in [0.15, 0.2) is 34.1 Å². The molecule has 2 aromatic heterocycles. The second kappa shape index (κ2) is 10.2. The highest BCUT2D eigenvalue weighted by molar-refractivity contribution is 6.16. The number of nitrogens with zero attached hydrogens (tertiary/aromatic N) is 3. The molecule has 4 amide bonds. The number of unbranched alkanes of at least 4 members (excludes halogenated alkanes) is 2. The van der Waals surface area contributed by atoms with Gasteiger partial charge in [-0.05, 0) is 30.5 Å². The SMILES string of the molecule is CCCCN1C(=O)NC(=O)[C@@H]([C@H](c2ccncc2)c2c(O)n(CCCC)c(=O)[nH]c2=O)C1=O. The largest absolute Gasteiger partial charge is 0.494 e. The number of hydrogen-bond donors (Lipinski definition) is 3. The monoisotopic (exact) mass is 457 g/mol. The van der Waals surface area contributed by atoms with Crippen molar-refractivity contribution in [1.82, 2.24) is 24.8 Å². The van der Waals surface area contributed by atoms with E-state index in [1.54, 1.807) is 0 Å². The second-order valence-corrected chi connectivity index (χ2v) is 7.88. The molecular formula is C22H27N5O6. The maximum atomic E-state index is 13.4. The van der Waals surface area contributed by atoms with Crippen LogP contribution in [-0.2, 0) is 16.1 Å². The van der Waals surface area contributed by atoms with Crippen LogP contribution in [0.5, 0.6) is 5.88 Å². The number of barbiturate groups is 1. The van der Waals surface area contributed by atoms with Crippen LogP contribution >= 0.6 is 0 Å². The quantitative estimate of drug-likeness (QED) is 0.476. The zero-order chi connectivity index (χ0) is 24.1. The van der Waals surface area contributed by atoms with Crippen molar-refractivity contribution in [3.05, 3.63) is 56.5 Å². The number of amides is 4. The summed E-state index contributed by atoms with van der Waals surface area (Å²) in [4.78, 5) is 70.9.